The maximum absolute atomic E-state index is 9.25. The molecular weight excluding hydrogens is 164 g/mol. The van der Waals surface area contributed by atoms with Crippen LogP contribution in [0.15, 0.2) is 0 Å². The average Bonchev–Trinajstić information content (AvgIpc) is 2.05. The maximum atomic E-state index is 9.25. The summed E-state index contributed by atoms with van der Waals surface area (Å²) in [6.07, 6.45) is -4.50. The Labute approximate surface area is 71.2 Å². The van der Waals surface area contributed by atoms with Crippen LogP contribution < -0.4 is 0 Å². The van der Waals surface area contributed by atoms with Gasteiger partial charge in [0.1, 0.15) is 18.3 Å². The van der Waals surface area contributed by atoms with Crippen molar-refractivity contribution in [2.45, 2.75) is 31.3 Å². The van der Waals surface area contributed by atoms with E-state index in [1.54, 1.807) is 0 Å². The fourth-order valence-electron chi connectivity index (χ4n) is 0.827. The van der Waals surface area contributed by atoms with E-state index in [-0.39, 0.29) is 0 Å². The first-order valence-corrected chi connectivity index (χ1v) is 3.72. The normalized spacial score (nSPS) is 21.5. The Morgan fingerprint density at radius 1 is 1.17 bits per heavy atom. The van der Waals surface area contributed by atoms with E-state index in [0.717, 1.165) is 0 Å². The van der Waals surface area contributed by atoms with Crippen molar-refractivity contribution in [3.8, 4) is 0 Å². The van der Waals surface area contributed by atoms with Gasteiger partial charge in [0, 0.05) is 7.11 Å². The van der Waals surface area contributed by atoms with E-state index >= 15 is 0 Å². The second-order valence-electron chi connectivity index (χ2n) is 2.68. The largest absolute Gasteiger partial charge is 0.394 e. The van der Waals surface area contributed by atoms with Gasteiger partial charge in [0.25, 0.3) is 0 Å². The van der Waals surface area contributed by atoms with E-state index in [1.165, 1.54) is 14.0 Å². The fourth-order valence-corrected chi connectivity index (χ4v) is 0.827. The minimum Gasteiger partial charge on any atom is -0.394 e. The predicted octanol–water partition coefficient (Wildman–Crippen LogP) is -1.90. The maximum Gasteiger partial charge on any atom is 0.111 e. The molecule has 0 bridgehead atoms. The lowest BCUT2D eigenvalue weighted by Crippen LogP contribution is -2.45. The smallest absolute Gasteiger partial charge is 0.111 e. The van der Waals surface area contributed by atoms with Crippen molar-refractivity contribution < 1.29 is 25.2 Å². The van der Waals surface area contributed by atoms with E-state index in [9.17, 15) is 5.11 Å². The monoisotopic (exact) mass is 180 g/mol. The molecule has 0 aliphatic heterocycles. The summed E-state index contributed by atoms with van der Waals surface area (Å²) in [5.41, 5.74) is 0. The molecule has 2 unspecified atom stereocenters. The van der Waals surface area contributed by atoms with Gasteiger partial charge in [-0.05, 0) is 6.92 Å². The van der Waals surface area contributed by atoms with Gasteiger partial charge in [0.2, 0.25) is 0 Å². The number of rotatable bonds is 5. The SMILES string of the molecule is CO[C@H](CO)[C@@H](O)C(O)C(C)O. The van der Waals surface area contributed by atoms with E-state index < -0.39 is 31.0 Å². The van der Waals surface area contributed by atoms with Crippen LogP contribution in [-0.4, -0.2) is 58.6 Å². The molecule has 4 N–H and O–H groups in total. The van der Waals surface area contributed by atoms with Crippen LogP contribution in [0.3, 0.4) is 0 Å². The molecule has 0 aromatic carbocycles. The van der Waals surface area contributed by atoms with E-state index in [2.05, 4.69) is 4.74 Å². The molecule has 0 saturated carbocycles. The average molecular weight is 180 g/mol. The first kappa shape index (κ1) is 11.8. The van der Waals surface area contributed by atoms with Gasteiger partial charge in [0.15, 0.2) is 0 Å². The lowest BCUT2D eigenvalue weighted by atomic mass is 10.0. The summed E-state index contributed by atoms with van der Waals surface area (Å²) in [6.45, 7) is 0.944. The van der Waals surface area contributed by atoms with Crippen LogP contribution in [0.4, 0.5) is 0 Å². The van der Waals surface area contributed by atoms with Gasteiger partial charge in [-0.2, -0.15) is 0 Å². The van der Waals surface area contributed by atoms with Gasteiger partial charge in [-0.1, -0.05) is 0 Å². The van der Waals surface area contributed by atoms with Crippen molar-refractivity contribution in [2.75, 3.05) is 13.7 Å². The Morgan fingerprint density at radius 3 is 1.92 bits per heavy atom. The first-order valence-electron chi connectivity index (χ1n) is 3.72. The Kier molecular flexibility index (Phi) is 5.36. The minimum absolute atomic E-state index is 0.401. The van der Waals surface area contributed by atoms with Crippen molar-refractivity contribution >= 4 is 0 Å². The standard InChI is InChI=1S/C7H16O5/c1-4(9)6(10)7(11)5(3-8)12-2/h4-11H,3H2,1-2H3/t4?,5-,6?,7-/m1/s1. The topological polar surface area (TPSA) is 90.2 Å². The second kappa shape index (κ2) is 5.45. The predicted molar refractivity (Wildman–Crippen MR) is 41.6 cm³/mol. The fraction of sp³-hybridized carbons (Fsp3) is 1.00. The summed E-state index contributed by atoms with van der Waals surface area (Å²) in [5.74, 6) is 0. The molecule has 0 fully saturated rings. The minimum atomic E-state index is -1.30. The number of hydrogen-bond donors (Lipinski definition) is 4. The Bertz CT molecular complexity index is 110. The van der Waals surface area contributed by atoms with Gasteiger partial charge in [-0.3, -0.25) is 0 Å². The van der Waals surface area contributed by atoms with Gasteiger partial charge < -0.3 is 25.2 Å². The Hall–Kier alpha value is -0.200. The van der Waals surface area contributed by atoms with E-state index in [4.69, 9.17) is 15.3 Å². The lowest BCUT2D eigenvalue weighted by molar-refractivity contribution is -0.121. The highest BCUT2D eigenvalue weighted by Crippen LogP contribution is 2.06. The molecule has 0 heterocycles. The van der Waals surface area contributed by atoms with Crippen LogP contribution in [0.1, 0.15) is 6.92 Å². The van der Waals surface area contributed by atoms with Crippen LogP contribution in [-0.2, 0) is 4.74 Å². The molecule has 74 valence electrons. The van der Waals surface area contributed by atoms with E-state index in [0.29, 0.717) is 0 Å². The van der Waals surface area contributed by atoms with Gasteiger partial charge in [-0.15, -0.1) is 0 Å². The summed E-state index contributed by atoms with van der Waals surface area (Å²) in [6, 6.07) is 0. The molecule has 0 aliphatic carbocycles. The molecule has 12 heavy (non-hydrogen) atoms. The summed E-state index contributed by atoms with van der Waals surface area (Å²) in [7, 11) is 1.30. The Morgan fingerprint density at radius 2 is 1.67 bits per heavy atom. The first-order chi connectivity index (χ1) is 5.54. The van der Waals surface area contributed by atoms with Crippen molar-refractivity contribution in [3.63, 3.8) is 0 Å². The van der Waals surface area contributed by atoms with Gasteiger partial charge in [0.05, 0.1) is 12.7 Å². The van der Waals surface area contributed by atoms with E-state index in [1.807, 2.05) is 0 Å². The third-order valence-corrected chi connectivity index (χ3v) is 1.71. The third-order valence-electron chi connectivity index (χ3n) is 1.71. The highest BCUT2D eigenvalue weighted by atomic mass is 16.5. The summed E-state index contributed by atoms with van der Waals surface area (Å²) >= 11 is 0. The second-order valence-corrected chi connectivity index (χ2v) is 2.68. The molecule has 5 heteroatoms. The van der Waals surface area contributed by atoms with Crippen molar-refractivity contribution in [3.05, 3.63) is 0 Å². The van der Waals surface area contributed by atoms with Gasteiger partial charge in [-0.25, -0.2) is 0 Å². The number of methoxy groups -OCH3 is 1. The third kappa shape index (κ3) is 3.04. The zero-order valence-corrected chi connectivity index (χ0v) is 7.21. The summed E-state index contributed by atoms with van der Waals surface area (Å²) < 4.78 is 4.66. The molecule has 0 aromatic rings. The quantitative estimate of drug-likeness (QED) is 0.396. The molecule has 5 nitrogen and oxygen atoms in total. The van der Waals surface area contributed by atoms with Crippen LogP contribution in [0.5, 0.6) is 0 Å². The molecule has 0 rings (SSSR count). The van der Waals surface area contributed by atoms with Crippen molar-refractivity contribution in [1.82, 2.24) is 0 Å². The zero-order valence-electron chi connectivity index (χ0n) is 7.21. The molecule has 0 radical (unpaired) electrons. The zero-order chi connectivity index (χ0) is 9.72. The van der Waals surface area contributed by atoms with Crippen LogP contribution in [0.25, 0.3) is 0 Å². The molecule has 0 saturated heterocycles. The van der Waals surface area contributed by atoms with Crippen LogP contribution in [0.2, 0.25) is 0 Å². The summed E-state index contributed by atoms with van der Waals surface area (Å²) in [4.78, 5) is 0. The molecule has 0 amide bonds. The number of aliphatic hydroxyl groups excluding tert-OH is 4. The lowest BCUT2D eigenvalue weighted by Gasteiger charge is -2.25. The summed E-state index contributed by atoms with van der Waals surface area (Å²) in [5, 5.41) is 35.9. The highest BCUT2D eigenvalue weighted by molar-refractivity contribution is 4.79. The van der Waals surface area contributed by atoms with Crippen molar-refractivity contribution in [1.29, 1.82) is 0 Å². The van der Waals surface area contributed by atoms with Crippen LogP contribution in [0, 0.1) is 0 Å². The molecule has 0 aromatic heterocycles. The van der Waals surface area contributed by atoms with Crippen LogP contribution >= 0.6 is 0 Å². The number of aliphatic hydroxyl groups is 4. The molecule has 0 spiro atoms. The highest BCUT2D eigenvalue weighted by Gasteiger charge is 2.28. The number of ether oxygens (including phenoxy) is 1. The van der Waals surface area contributed by atoms with Crippen molar-refractivity contribution in [2.24, 2.45) is 0 Å². The molecule has 0 aliphatic rings. The Balaban J connectivity index is 4.05. The molecular formula is C7H16O5. The molecule has 4 atom stereocenters. The van der Waals surface area contributed by atoms with Gasteiger partial charge >= 0.3 is 0 Å². The number of hydrogen-bond acceptors (Lipinski definition) is 5.